The van der Waals surface area contributed by atoms with Gasteiger partial charge in [0.1, 0.15) is 5.69 Å². The standard InChI is InChI=1S/C9H7N3O2/c13-9(14)8-5-7(1-2-11-8)12-4-3-10-6-12/h1-6H,(H,13,14). The zero-order valence-electron chi connectivity index (χ0n) is 7.16. The molecule has 0 unspecified atom stereocenters. The summed E-state index contributed by atoms with van der Waals surface area (Å²) >= 11 is 0. The molecule has 5 heteroatoms. The molecule has 0 aliphatic rings. The van der Waals surface area contributed by atoms with E-state index in [9.17, 15) is 4.79 Å². The molecule has 0 radical (unpaired) electrons. The molecular weight excluding hydrogens is 182 g/mol. The molecular formula is C9H7N3O2. The number of nitrogens with zero attached hydrogens (tertiary/aromatic N) is 3. The van der Waals surface area contributed by atoms with E-state index in [2.05, 4.69) is 9.97 Å². The maximum atomic E-state index is 10.6. The Labute approximate surface area is 79.7 Å². The van der Waals surface area contributed by atoms with Gasteiger partial charge in [0.05, 0.1) is 12.0 Å². The molecule has 5 nitrogen and oxygen atoms in total. The minimum Gasteiger partial charge on any atom is -0.477 e. The maximum absolute atomic E-state index is 10.6. The monoisotopic (exact) mass is 189 g/mol. The van der Waals surface area contributed by atoms with Crippen molar-refractivity contribution in [2.75, 3.05) is 0 Å². The summed E-state index contributed by atoms with van der Waals surface area (Å²) in [6, 6.07) is 3.21. The van der Waals surface area contributed by atoms with Crippen LogP contribution in [0.2, 0.25) is 0 Å². The summed E-state index contributed by atoms with van der Waals surface area (Å²) < 4.78 is 1.72. The third kappa shape index (κ3) is 1.47. The molecule has 0 aliphatic carbocycles. The first-order chi connectivity index (χ1) is 6.77. The van der Waals surface area contributed by atoms with Gasteiger partial charge in [0.2, 0.25) is 0 Å². The van der Waals surface area contributed by atoms with Gasteiger partial charge in [0, 0.05) is 18.6 Å². The third-order valence-corrected chi connectivity index (χ3v) is 1.77. The van der Waals surface area contributed by atoms with E-state index in [1.807, 2.05) is 0 Å². The first-order valence-electron chi connectivity index (χ1n) is 3.95. The van der Waals surface area contributed by atoms with Crippen LogP contribution in [-0.2, 0) is 0 Å². The number of rotatable bonds is 2. The van der Waals surface area contributed by atoms with Gasteiger partial charge >= 0.3 is 5.97 Å². The molecule has 0 spiro atoms. The first-order valence-corrected chi connectivity index (χ1v) is 3.95. The molecule has 0 atom stereocenters. The molecule has 0 aliphatic heterocycles. The number of carbonyl (C=O) groups is 1. The van der Waals surface area contributed by atoms with Crippen LogP contribution in [0.4, 0.5) is 0 Å². The zero-order valence-corrected chi connectivity index (χ0v) is 7.16. The number of carboxylic acids is 1. The van der Waals surface area contributed by atoms with Crippen molar-refractivity contribution in [1.82, 2.24) is 14.5 Å². The lowest BCUT2D eigenvalue weighted by molar-refractivity contribution is 0.0690. The third-order valence-electron chi connectivity index (χ3n) is 1.77. The van der Waals surface area contributed by atoms with E-state index in [0.29, 0.717) is 0 Å². The second-order valence-electron chi connectivity index (χ2n) is 2.67. The molecule has 1 N–H and O–H groups in total. The Hall–Kier alpha value is -2.17. The van der Waals surface area contributed by atoms with Crippen LogP contribution in [0.15, 0.2) is 37.1 Å². The summed E-state index contributed by atoms with van der Waals surface area (Å²) in [4.78, 5) is 18.2. The van der Waals surface area contributed by atoms with E-state index in [0.717, 1.165) is 5.69 Å². The highest BCUT2D eigenvalue weighted by Crippen LogP contribution is 2.07. The highest BCUT2D eigenvalue weighted by atomic mass is 16.4. The van der Waals surface area contributed by atoms with E-state index in [-0.39, 0.29) is 5.69 Å². The molecule has 0 fully saturated rings. The average Bonchev–Trinajstić information content (AvgIpc) is 2.71. The fourth-order valence-corrected chi connectivity index (χ4v) is 1.11. The Kier molecular flexibility index (Phi) is 1.98. The first kappa shape index (κ1) is 8.43. The van der Waals surface area contributed by atoms with Crippen LogP contribution < -0.4 is 0 Å². The van der Waals surface area contributed by atoms with E-state index < -0.39 is 5.97 Å². The van der Waals surface area contributed by atoms with Gasteiger partial charge in [0.15, 0.2) is 0 Å². The zero-order chi connectivity index (χ0) is 9.97. The number of pyridine rings is 1. The normalized spacial score (nSPS) is 10.0. The Balaban J connectivity index is 2.46. The maximum Gasteiger partial charge on any atom is 0.354 e. The highest BCUT2D eigenvalue weighted by molar-refractivity contribution is 5.85. The van der Waals surface area contributed by atoms with Crippen LogP contribution in [0.5, 0.6) is 0 Å². The second-order valence-corrected chi connectivity index (χ2v) is 2.67. The summed E-state index contributed by atoms with van der Waals surface area (Å²) in [7, 11) is 0. The van der Waals surface area contributed by atoms with Crippen molar-refractivity contribution in [2.24, 2.45) is 0 Å². The number of imidazole rings is 1. The summed E-state index contributed by atoms with van der Waals surface area (Å²) in [5.74, 6) is -1.04. The summed E-state index contributed by atoms with van der Waals surface area (Å²) in [5, 5.41) is 8.72. The van der Waals surface area contributed by atoms with Gasteiger partial charge in [-0.05, 0) is 12.1 Å². The lowest BCUT2D eigenvalue weighted by Crippen LogP contribution is -2.01. The fourth-order valence-electron chi connectivity index (χ4n) is 1.11. The van der Waals surface area contributed by atoms with E-state index in [1.54, 1.807) is 29.4 Å². The van der Waals surface area contributed by atoms with Crippen LogP contribution in [0.3, 0.4) is 0 Å². The van der Waals surface area contributed by atoms with Crippen molar-refractivity contribution in [3.63, 3.8) is 0 Å². The SMILES string of the molecule is O=C(O)c1cc(-n2ccnc2)ccn1. The smallest absolute Gasteiger partial charge is 0.354 e. The minimum atomic E-state index is -1.04. The molecule has 0 amide bonds. The molecule has 0 saturated heterocycles. The summed E-state index contributed by atoms with van der Waals surface area (Å²) in [5.41, 5.74) is 0.756. The summed E-state index contributed by atoms with van der Waals surface area (Å²) in [6.07, 6.45) is 6.42. The second kappa shape index (κ2) is 3.29. The van der Waals surface area contributed by atoms with Gasteiger partial charge in [-0.15, -0.1) is 0 Å². The largest absolute Gasteiger partial charge is 0.477 e. The molecule has 0 aromatic carbocycles. The van der Waals surface area contributed by atoms with Crippen LogP contribution in [-0.4, -0.2) is 25.6 Å². The molecule has 70 valence electrons. The Bertz CT molecular complexity index is 451. The van der Waals surface area contributed by atoms with Crippen molar-refractivity contribution in [3.05, 3.63) is 42.7 Å². The number of aromatic nitrogens is 3. The topological polar surface area (TPSA) is 68.0 Å². The average molecular weight is 189 g/mol. The lowest BCUT2D eigenvalue weighted by Gasteiger charge is -2.01. The number of hydrogen-bond acceptors (Lipinski definition) is 3. The summed E-state index contributed by atoms with van der Waals surface area (Å²) in [6.45, 7) is 0. The lowest BCUT2D eigenvalue weighted by atomic mass is 10.3. The van der Waals surface area contributed by atoms with Gasteiger partial charge in [0.25, 0.3) is 0 Å². The van der Waals surface area contributed by atoms with Crippen molar-refractivity contribution < 1.29 is 9.90 Å². The minimum absolute atomic E-state index is 0.0243. The predicted molar refractivity (Wildman–Crippen MR) is 48.3 cm³/mol. The quantitative estimate of drug-likeness (QED) is 0.764. The highest BCUT2D eigenvalue weighted by Gasteiger charge is 2.05. The Morgan fingerprint density at radius 1 is 1.43 bits per heavy atom. The fraction of sp³-hybridized carbons (Fsp3) is 0. The van der Waals surface area contributed by atoms with Crippen LogP contribution in [0.25, 0.3) is 5.69 Å². The molecule has 0 saturated carbocycles. The van der Waals surface area contributed by atoms with Crippen molar-refractivity contribution in [3.8, 4) is 5.69 Å². The van der Waals surface area contributed by atoms with E-state index >= 15 is 0 Å². The number of carboxylic acid groups (broad SMARTS) is 1. The van der Waals surface area contributed by atoms with Crippen LogP contribution in [0.1, 0.15) is 10.5 Å². The van der Waals surface area contributed by atoms with Crippen LogP contribution >= 0.6 is 0 Å². The van der Waals surface area contributed by atoms with Crippen molar-refractivity contribution >= 4 is 5.97 Å². The van der Waals surface area contributed by atoms with Crippen LogP contribution in [0, 0.1) is 0 Å². The van der Waals surface area contributed by atoms with Crippen molar-refractivity contribution in [1.29, 1.82) is 0 Å². The van der Waals surface area contributed by atoms with E-state index in [1.165, 1.54) is 12.3 Å². The van der Waals surface area contributed by atoms with Gasteiger partial charge in [-0.3, -0.25) is 0 Å². The number of aromatic carboxylic acids is 1. The van der Waals surface area contributed by atoms with E-state index in [4.69, 9.17) is 5.11 Å². The predicted octanol–water partition coefficient (Wildman–Crippen LogP) is 0.965. The van der Waals surface area contributed by atoms with Gasteiger partial charge in [-0.1, -0.05) is 0 Å². The molecule has 2 aromatic heterocycles. The van der Waals surface area contributed by atoms with Gasteiger partial charge in [-0.25, -0.2) is 14.8 Å². The Morgan fingerprint density at radius 3 is 2.93 bits per heavy atom. The van der Waals surface area contributed by atoms with Crippen molar-refractivity contribution in [2.45, 2.75) is 0 Å². The van der Waals surface area contributed by atoms with Gasteiger partial charge in [-0.2, -0.15) is 0 Å². The number of hydrogen-bond donors (Lipinski definition) is 1. The van der Waals surface area contributed by atoms with Gasteiger partial charge < -0.3 is 9.67 Å². The molecule has 2 aromatic rings. The molecule has 2 rings (SSSR count). The molecule has 2 heterocycles. The molecule has 14 heavy (non-hydrogen) atoms. The Morgan fingerprint density at radius 2 is 2.29 bits per heavy atom. The molecule has 0 bridgehead atoms.